The lowest BCUT2D eigenvalue weighted by molar-refractivity contribution is 0.0462. The van der Waals surface area contributed by atoms with Gasteiger partial charge in [0.2, 0.25) is 11.7 Å². The summed E-state index contributed by atoms with van der Waals surface area (Å²) in [5, 5.41) is 4.74. The Hall–Kier alpha value is -3.53. The number of thiophene rings is 1. The molecule has 0 fully saturated rings. The number of anilines is 1. The number of benzene rings is 1. The van der Waals surface area contributed by atoms with Crippen LogP contribution in [0.4, 0.5) is 5.82 Å². The smallest absolute Gasteiger partial charge is 0.338 e. The molecule has 4 aromatic rings. The van der Waals surface area contributed by atoms with Crippen LogP contribution >= 0.6 is 11.3 Å². The molecule has 1 aliphatic carbocycles. The van der Waals surface area contributed by atoms with E-state index in [0.717, 1.165) is 29.5 Å². The first kappa shape index (κ1) is 21.3. The number of hydrogen-bond acceptors (Lipinski definition) is 10. The van der Waals surface area contributed by atoms with Gasteiger partial charge in [0.1, 0.15) is 16.4 Å². The SMILES string of the molecule is Cc1nc(COc2ccc(C(=O)OCc3nc(N)c4c5c(sc4n3)CCCCC5)cc2)no1. The molecule has 2 N–H and O–H groups in total. The average Bonchev–Trinajstić information content (AvgIpc) is 3.31. The number of nitrogens with two attached hydrogens (primary N) is 1. The Morgan fingerprint density at radius 3 is 2.67 bits per heavy atom. The molecule has 0 atom stereocenters. The van der Waals surface area contributed by atoms with Crippen LogP contribution in [0.2, 0.25) is 0 Å². The van der Waals surface area contributed by atoms with Gasteiger partial charge in [-0.1, -0.05) is 11.6 Å². The zero-order valence-corrected chi connectivity index (χ0v) is 19.0. The van der Waals surface area contributed by atoms with Crippen molar-refractivity contribution in [1.82, 2.24) is 20.1 Å². The van der Waals surface area contributed by atoms with E-state index in [1.165, 1.54) is 23.3 Å². The molecule has 170 valence electrons. The molecule has 0 bridgehead atoms. The van der Waals surface area contributed by atoms with E-state index in [0.29, 0.717) is 34.7 Å². The maximum Gasteiger partial charge on any atom is 0.338 e. The maximum absolute atomic E-state index is 12.5. The number of aromatic nitrogens is 4. The first-order valence-corrected chi connectivity index (χ1v) is 11.6. The number of esters is 1. The summed E-state index contributed by atoms with van der Waals surface area (Å²) in [6.07, 6.45) is 5.68. The third-order valence-corrected chi connectivity index (χ3v) is 6.68. The Morgan fingerprint density at radius 1 is 1.06 bits per heavy atom. The van der Waals surface area contributed by atoms with E-state index in [1.54, 1.807) is 42.5 Å². The minimum Gasteiger partial charge on any atom is -0.485 e. The van der Waals surface area contributed by atoms with Gasteiger partial charge in [0, 0.05) is 11.8 Å². The topological polar surface area (TPSA) is 126 Å². The third-order valence-electron chi connectivity index (χ3n) is 5.50. The number of rotatable bonds is 6. The van der Waals surface area contributed by atoms with Gasteiger partial charge in [-0.2, -0.15) is 4.98 Å². The summed E-state index contributed by atoms with van der Waals surface area (Å²) in [6.45, 7) is 1.84. The third kappa shape index (κ3) is 4.65. The van der Waals surface area contributed by atoms with Crippen molar-refractivity contribution in [3.63, 3.8) is 0 Å². The van der Waals surface area contributed by atoms with Crippen LogP contribution in [-0.4, -0.2) is 26.1 Å². The molecule has 0 spiro atoms. The van der Waals surface area contributed by atoms with Crippen LogP contribution < -0.4 is 10.5 Å². The molecule has 3 heterocycles. The molecule has 0 aliphatic heterocycles. The minimum atomic E-state index is -0.473. The average molecular weight is 466 g/mol. The van der Waals surface area contributed by atoms with E-state index in [4.69, 9.17) is 19.7 Å². The molecule has 0 saturated carbocycles. The Balaban J connectivity index is 1.22. The van der Waals surface area contributed by atoms with Crippen molar-refractivity contribution in [3.8, 4) is 5.75 Å². The van der Waals surface area contributed by atoms with Gasteiger partial charge in [0.25, 0.3) is 0 Å². The van der Waals surface area contributed by atoms with Crippen LogP contribution in [0.15, 0.2) is 28.8 Å². The largest absolute Gasteiger partial charge is 0.485 e. The van der Waals surface area contributed by atoms with Gasteiger partial charge >= 0.3 is 5.97 Å². The highest BCUT2D eigenvalue weighted by Gasteiger charge is 2.20. The monoisotopic (exact) mass is 465 g/mol. The van der Waals surface area contributed by atoms with E-state index in [-0.39, 0.29) is 13.2 Å². The van der Waals surface area contributed by atoms with Crippen LogP contribution in [0.25, 0.3) is 10.2 Å². The van der Waals surface area contributed by atoms with Crippen LogP contribution in [-0.2, 0) is 30.8 Å². The lowest BCUT2D eigenvalue weighted by atomic mass is 10.1. The normalized spacial score (nSPS) is 13.5. The number of nitrogen functional groups attached to an aromatic ring is 1. The summed E-state index contributed by atoms with van der Waals surface area (Å²) >= 11 is 1.68. The van der Waals surface area contributed by atoms with Gasteiger partial charge in [-0.15, -0.1) is 11.3 Å². The maximum atomic E-state index is 12.5. The van der Waals surface area contributed by atoms with Crippen LogP contribution in [0, 0.1) is 6.92 Å². The van der Waals surface area contributed by atoms with Crippen molar-refractivity contribution >= 4 is 33.3 Å². The summed E-state index contributed by atoms with van der Waals surface area (Å²) in [6, 6.07) is 6.63. The molecular formula is C23H23N5O4S. The van der Waals surface area contributed by atoms with E-state index in [1.807, 2.05) is 0 Å². The van der Waals surface area contributed by atoms with Gasteiger partial charge in [0.05, 0.1) is 10.9 Å². The lowest BCUT2D eigenvalue weighted by Gasteiger charge is -2.07. The molecule has 0 saturated heterocycles. The zero-order chi connectivity index (χ0) is 22.8. The van der Waals surface area contributed by atoms with Gasteiger partial charge in [0.15, 0.2) is 19.0 Å². The highest BCUT2D eigenvalue weighted by molar-refractivity contribution is 7.19. The van der Waals surface area contributed by atoms with Crippen molar-refractivity contribution in [2.45, 2.75) is 52.2 Å². The van der Waals surface area contributed by atoms with E-state index >= 15 is 0 Å². The fourth-order valence-electron chi connectivity index (χ4n) is 3.92. The second kappa shape index (κ2) is 9.14. The number of carbonyl (C=O) groups is 1. The fourth-order valence-corrected chi connectivity index (χ4v) is 5.21. The number of nitrogens with zero attached hydrogens (tertiary/aromatic N) is 4. The van der Waals surface area contributed by atoms with Crippen LogP contribution in [0.1, 0.15) is 57.6 Å². The first-order chi connectivity index (χ1) is 16.1. The Labute approximate surface area is 193 Å². The molecule has 33 heavy (non-hydrogen) atoms. The molecule has 1 aromatic carbocycles. The van der Waals surface area contributed by atoms with Gasteiger partial charge in [-0.3, -0.25) is 0 Å². The number of fused-ring (bicyclic) bond motifs is 3. The van der Waals surface area contributed by atoms with Gasteiger partial charge in [-0.25, -0.2) is 14.8 Å². The highest BCUT2D eigenvalue weighted by atomic mass is 32.1. The predicted molar refractivity (Wildman–Crippen MR) is 122 cm³/mol. The number of ether oxygens (including phenoxy) is 2. The molecule has 9 nitrogen and oxygen atoms in total. The molecule has 0 amide bonds. The summed E-state index contributed by atoms with van der Waals surface area (Å²) in [7, 11) is 0. The van der Waals surface area contributed by atoms with Crippen molar-refractivity contribution in [1.29, 1.82) is 0 Å². The van der Waals surface area contributed by atoms with Crippen molar-refractivity contribution in [2.24, 2.45) is 0 Å². The van der Waals surface area contributed by atoms with Crippen molar-refractivity contribution < 1.29 is 18.8 Å². The van der Waals surface area contributed by atoms with Crippen LogP contribution in [0.3, 0.4) is 0 Å². The molecule has 3 aromatic heterocycles. The van der Waals surface area contributed by atoms with Crippen molar-refractivity contribution in [3.05, 3.63) is 57.8 Å². The zero-order valence-electron chi connectivity index (χ0n) is 18.2. The molecule has 0 unspecified atom stereocenters. The standard InChI is InChI=1S/C23H23N5O4S/c1-13-25-19(28-32-13)12-30-15-9-7-14(8-10-15)23(29)31-11-18-26-21(24)20-16-5-3-2-4-6-17(16)33-22(20)27-18/h7-10H,2-6,11-12H2,1H3,(H2,24,26,27). The second-order valence-electron chi connectivity index (χ2n) is 7.89. The lowest BCUT2D eigenvalue weighted by Crippen LogP contribution is -2.08. The van der Waals surface area contributed by atoms with E-state index < -0.39 is 5.97 Å². The van der Waals surface area contributed by atoms with E-state index in [9.17, 15) is 4.79 Å². The molecule has 0 radical (unpaired) electrons. The second-order valence-corrected chi connectivity index (χ2v) is 8.97. The minimum absolute atomic E-state index is 0.0447. The van der Waals surface area contributed by atoms with Crippen molar-refractivity contribution in [2.75, 3.05) is 5.73 Å². The first-order valence-electron chi connectivity index (χ1n) is 10.8. The summed E-state index contributed by atoms with van der Waals surface area (Å²) in [5.74, 6) is 1.90. The quantitative estimate of drug-likeness (QED) is 0.330. The number of carbonyl (C=O) groups excluding carboxylic acids is 1. The fraction of sp³-hybridized carbons (Fsp3) is 0.348. The summed E-state index contributed by atoms with van der Waals surface area (Å²) < 4.78 is 15.9. The van der Waals surface area contributed by atoms with Gasteiger partial charge < -0.3 is 19.7 Å². The Bertz CT molecular complexity index is 1300. The molecule has 1 aliphatic rings. The summed E-state index contributed by atoms with van der Waals surface area (Å²) in [5.41, 5.74) is 7.96. The molecule has 10 heteroatoms. The number of aryl methyl sites for hydroxylation is 3. The Morgan fingerprint density at radius 2 is 1.88 bits per heavy atom. The number of hydrogen-bond donors (Lipinski definition) is 1. The Kier molecular flexibility index (Phi) is 5.91. The summed E-state index contributed by atoms with van der Waals surface area (Å²) in [4.78, 5) is 27.8. The van der Waals surface area contributed by atoms with E-state index in [2.05, 4.69) is 20.1 Å². The van der Waals surface area contributed by atoms with Gasteiger partial charge in [-0.05, 0) is 55.5 Å². The van der Waals surface area contributed by atoms with Crippen LogP contribution in [0.5, 0.6) is 5.75 Å². The molecule has 5 rings (SSSR count). The molecular weight excluding hydrogens is 442 g/mol. The predicted octanol–water partition coefficient (Wildman–Crippen LogP) is 4.17. The highest BCUT2D eigenvalue weighted by Crippen LogP contribution is 2.37.